The minimum atomic E-state index is -0.0443. The van der Waals surface area contributed by atoms with E-state index in [-0.39, 0.29) is 5.91 Å². The maximum Gasteiger partial charge on any atom is 0.281 e. The maximum absolute atomic E-state index is 12.7. The van der Waals surface area contributed by atoms with Gasteiger partial charge in [0.25, 0.3) is 5.91 Å². The molecule has 0 saturated carbocycles. The van der Waals surface area contributed by atoms with Gasteiger partial charge in [0.2, 0.25) is 0 Å². The average Bonchev–Trinajstić information content (AvgIpc) is 3.11. The molecule has 0 spiro atoms. The summed E-state index contributed by atoms with van der Waals surface area (Å²) in [4.78, 5) is 12.7. The number of benzene rings is 2. The fourth-order valence-electron chi connectivity index (χ4n) is 2.81. The molecule has 1 amide bonds. The van der Waals surface area contributed by atoms with E-state index in [1.54, 1.807) is 0 Å². The molecule has 4 rings (SSSR count). The summed E-state index contributed by atoms with van der Waals surface area (Å²) in [5, 5.41) is 5.93. The molecule has 2 aliphatic rings. The summed E-state index contributed by atoms with van der Waals surface area (Å²) >= 11 is 0. The second kappa shape index (κ2) is 5.11. The van der Waals surface area contributed by atoms with Gasteiger partial charge in [-0.2, -0.15) is 10.1 Å². The molecular weight excluding hydrogens is 272 g/mol. The number of fused-ring (bicyclic) bond motifs is 1. The first kappa shape index (κ1) is 12.8. The summed E-state index contributed by atoms with van der Waals surface area (Å²) < 4.78 is 0. The number of rotatable bonds is 3. The van der Waals surface area contributed by atoms with Gasteiger partial charge in [-0.3, -0.25) is 4.79 Å². The third-order valence-electron chi connectivity index (χ3n) is 3.87. The van der Waals surface area contributed by atoms with E-state index in [1.165, 1.54) is 10.6 Å². The fraction of sp³-hybridized carbons (Fsp3) is 0.0526. The molecule has 0 unspecified atom stereocenters. The van der Waals surface area contributed by atoms with Gasteiger partial charge in [0, 0.05) is 0 Å². The van der Waals surface area contributed by atoms with Crippen molar-refractivity contribution in [2.24, 2.45) is 5.10 Å². The number of hydrazone groups is 1. The minimum absolute atomic E-state index is 0.0443. The van der Waals surface area contributed by atoms with Crippen molar-refractivity contribution in [1.29, 1.82) is 0 Å². The van der Waals surface area contributed by atoms with Crippen LogP contribution >= 0.6 is 0 Å². The van der Waals surface area contributed by atoms with E-state index in [9.17, 15) is 4.79 Å². The number of para-hydroxylation sites is 1. The summed E-state index contributed by atoms with van der Waals surface area (Å²) in [5.74, 6) is -0.0443. The van der Waals surface area contributed by atoms with Crippen LogP contribution in [0.5, 0.6) is 0 Å². The van der Waals surface area contributed by atoms with E-state index in [2.05, 4.69) is 17.2 Å². The van der Waals surface area contributed by atoms with Crippen LogP contribution < -0.4 is 5.01 Å². The summed E-state index contributed by atoms with van der Waals surface area (Å²) in [7, 11) is 0. The number of hydrogen-bond donors (Lipinski definition) is 0. The zero-order valence-corrected chi connectivity index (χ0v) is 11.9. The van der Waals surface area contributed by atoms with Gasteiger partial charge in [0.05, 0.1) is 17.0 Å². The van der Waals surface area contributed by atoms with Gasteiger partial charge in [-0.05, 0) is 35.8 Å². The lowest BCUT2D eigenvalue weighted by Crippen LogP contribution is -2.21. The van der Waals surface area contributed by atoms with Crippen molar-refractivity contribution in [1.82, 2.24) is 0 Å². The first-order chi connectivity index (χ1) is 10.8. The van der Waals surface area contributed by atoms with Crippen molar-refractivity contribution in [3.8, 4) is 0 Å². The molecule has 0 N–H and O–H groups in total. The average molecular weight is 286 g/mol. The van der Waals surface area contributed by atoms with Crippen molar-refractivity contribution in [2.75, 3.05) is 5.01 Å². The Morgan fingerprint density at radius 2 is 1.55 bits per heavy atom. The Morgan fingerprint density at radius 3 is 2.27 bits per heavy atom. The molecule has 3 nitrogen and oxygen atoms in total. The van der Waals surface area contributed by atoms with Crippen LogP contribution in [0.4, 0.5) is 5.69 Å². The van der Waals surface area contributed by atoms with E-state index in [4.69, 9.17) is 0 Å². The van der Waals surface area contributed by atoms with Crippen LogP contribution in [0.1, 0.15) is 5.56 Å². The monoisotopic (exact) mass is 286 g/mol. The highest BCUT2D eigenvalue weighted by Crippen LogP contribution is 2.30. The van der Waals surface area contributed by atoms with Crippen molar-refractivity contribution < 1.29 is 4.79 Å². The van der Waals surface area contributed by atoms with Crippen LogP contribution in [0, 0.1) is 0 Å². The number of hydrogen-bond acceptors (Lipinski definition) is 2. The predicted octanol–water partition coefficient (Wildman–Crippen LogP) is 3.50. The maximum atomic E-state index is 12.7. The standard InChI is InChI=1S/C19H14N2O/c22-19-18-15(13-14-7-3-1-4-8-14)11-12-17(18)20-21(19)16-9-5-2-6-10-16/h1-12H,13H2. The molecule has 3 heteroatoms. The number of anilines is 1. The molecule has 0 bridgehead atoms. The highest BCUT2D eigenvalue weighted by atomic mass is 16.2. The van der Waals surface area contributed by atoms with E-state index >= 15 is 0 Å². The van der Waals surface area contributed by atoms with Gasteiger partial charge < -0.3 is 0 Å². The molecule has 0 atom stereocenters. The molecular formula is C19H14N2O. The lowest BCUT2D eigenvalue weighted by Gasteiger charge is -2.12. The van der Waals surface area contributed by atoms with Crippen LogP contribution in [0.25, 0.3) is 0 Å². The van der Waals surface area contributed by atoms with Gasteiger partial charge in [-0.1, -0.05) is 54.6 Å². The molecule has 0 fully saturated rings. The third kappa shape index (κ3) is 2.07. The van der Waals surface area contributed by atoms with E-state index in [1.807, 2.05) is 60.7 Å². The van der Waals surface area contributed by atoms with Gasteiger partial charge >= 0.3 is 0 Å². The quantitative estimate of drug-likeness (QED) is 0.850. The molecule has 0 aromatic heterocycles. The van der Waals surface area contributed by atoms with Crippen LogP contribution in [0.3, 0.4) is 0 Å². The Bertz CT molecular complexity index is 817. The van der Waals surface area contributed by atoms with E-state index < -0.39 is 0 Å². The van der Waals surface area contributed by atoms with Crippen molar-refractivity contribution >= 4 is 17.3 Å². The van der Waals surface area contributed by atoms with Gasteiger partial charge in [0.15, 0.2) is 0 Å². The SMILES string of the molecule is O=C1C2=C(Cc3ccccc3)C=CC2=NN1c1ccccc1. The smallest absolute Gasteiger partial charge is 0.267 e. The largest absolute Gasteiger partial charge is 0.281 e. The van der Waals surface area contributed by atoms with Crippen LogP contribution in [0.2, 0.25) is 0 Å². The Kier molecular flexibility index (Phi) is 2.97. The third-order valence-corrected chi connectivity index (χ3v) is 3.87. The fourth-order valence-corrected chi connectivity index (χ4v) is 2.81. The van der Waals surface area contributed by atoms with Gasteiger partial charge in [-0.25, -0.2) is 0 Å². The molecule has 2 aromatic rings. The number of amides is 1. The Morgan fingerprint density at radius 1 is 0.864 bits per heavy atom. The number of allylic oxidation sites excluding steroid dienone is 3. The molecule has 2 aromatic carbocycles. The lowest BCUT2D eigenvalue weighted by atomic mass is 10.0. The van der Waals surface area contributed by atoms with Crippen molar-refractivity contribution in [3.05, 3.63) is 89.5 Å². The molecule has 0 saturated heterocycles. The van der Waals surface area contributed by atoms with Gasteiger partial charge in [-0.15, -0.1) is 0 Å². The van der Waals surface area contributed by atoms with Gasteiger partial charge in [0.1, 0.15) is 0 Å². The minimum Gasteiger partial charge on any atom is -0.267 e. The second-order valence-corrected chi connectivity index (χ2v) is 5.33. The zero-order valence-electron chi connectivity index (χ0n) is 11.9. The van der Waals surface area contributed by atoms with Crippen molar-refractivity contribution in [2.45, 2.75) is 6.42 Å². The first-order valence-electron chi connectivity index (χ1n) is 7.26. The number of carbonyl (C=O) groups excluding carboxylic acids is 1. The molecule has 1 aliphatic carbocycles. The highest BCUT2D eigenvalue weighted by molar-refractivity contribution is 6.35. The molecule has 0 radical (unpaired) electrons. The van der Waals surface area contributed by atoms with Crippen molar-refractivity contribution in [3.63, 3.8) is 0 Å². The predicted molar refractivity (Wildman–Crippen MR) is 87.7 cm³/mol. The zero-order chi connectivity index (χ0) is 14.9. The summed E-state index contributed by atoms with van der Waals surface area (Å²) in [6, 6.07) is 19.7. The van der Waals surface area contributed by atoms with Crippen LogP contribution in [0.15, 0.2) is 89.1 Å². The normalized spacial score (nSPS) is 16.3. The lowest BCUT2D eigenvalue weighted by molar-refractivity contribution is -0.114. The van der Waals surface area contributed by atoms with Crippen LogP contribution in [-0.2, 0) is 11.2 Å². The van der Waals surface area contributed by atoms with Crippen LogP contribution in [-0.4, -0.2) is 11.6 Å². The Balaban J connectivity index is 1.68. The first-order valence-corrected chi connectivity index (χ1v) is 7.26. The Labute approximate surface area is 128 Å². The molecule has 106 valence electrons. The number of carbonyl (C=O) groups is 1. The topological polar surface area (TPSA) is 32.7 Å². The Hall–Kier alpha value is -2.94. The number of nitrogens with zero attached hydrogens (tertiary/aromatic N) is 2. The molecule has 22 heavy (non-hydrogen) atoms. The van der Waals surface area contributed by atoms with E-state index in [0.29, 0.717) is 0 Å². The summed E-state index contributed by atoms with van der Waals surface area (Å²) in [5.41, 5.74) is 4.53. The molecule has 1 heterocycles. The van der Waals surface area contributed by atoms with E-state index in [0.717, 1.165) is 29.0 Å². The summed E-state index contributed by atoms with van der Waals surface area (Å²) in [6.45, 7) is 0. The molecule has 1 aliphatic heterocycles. The highest BCUT2D eigenvalue weighted by Gasteiger charge is 2.34. The summed E-state index contributed by atoms with van der Waals surface area (Å²) in [6.07, 6.45) is 4.68. The second-order valence-electron chi connectivity index (χ2n) is 5.33.